The van der Waals surface area contributed by atoms with E-state index >= 15 is 0 Å². The molecule has 1 N–H and O–H groups in total. The van der Waals surface area contributed by atoms with Gasteiger partial charge in [0.1, 0.15) is 0 Å². The Kier molecular flexibility index (Phi) is 4.75. The quantitative estimate of drug-likeness (QED) is 0.868. The fourth-order valence-electron chi connectivity index (χ4n) is 1.28. The van der Waals surface area contributed by atoms with Crippen molar-refractivity contribution in [2.45, 2.75) is 24.9 Å². The summed E-state index contributed by atoms with van der Waals surface area (Å²) in [7, 11) is -3.93. The van der Waals surface area contributed by atoms with Gasteiger partial charge in [-0.2, -0.15) is 13.2 Å². The Bertz CT molecular complexity index is 573. The predicted octanol–water partition coefficient (Wildman–Crippen LogP) is 2.95. The predicted molar refractivity (Wildman–Crippen MR) is 66.1 cm³/mol. The first-order chi connectivity index (χ1) is 8.63. The Hall–Kier alpha value is -1.34. The second-order valence-corrected chi connectivity index (χ2v) is 5.93. The summed E-state index contributed by atoms with van der Waals surface area (Å²) in [4.78, 5) is -0.399. The van der Waals surface area contributed by atoms with Crippen LogP contribution in [0.25, 0.3) is 0 Å². The fourth-order valence-corrected chi connectivity index (χ4v) is 2.29. The lowest BCUT2D eigenvalue weighted by Crippen LogP contribution is -2.24. The molecule has 0 aliphatic heterocycles. The van der Waals surface area contributed by atoms with Crippen LogP contribution >= 0.6 is 0 Å². The Balaban J connectivity index is 2.99. The zero-order chi connectivity index (χ0) is 14.7. The molecule has 0 heterocycles. The molecule has 0 saturated carbocycles. The van der Waals surface area contributed by atoms with Crippen LogP contribution in [0.1, 0.15) is 19.4 Å². The van der Waals surface area contributed by atoms with Crippen LogP contribution in [0.15, 0.2) is 40.8 Å². The summed E-state index contributed by atoms with van der Waals surface area (Å²) in [6, 6.07) is 3.64. The van der Waals surface area contributed by atoms with Crippen molar-refractivity contribution in [1.29, 1.82) is 0 Å². The number of halogens is 3. The van der Waals surface area contributed by atoms with E-state index in [4.69, 9.17) is 0 Å². The molecule has 0 saturated heterocycles. The van der Waals surface area contributed by atoms with Gasteiger partial charge in [-0.1, -0.05) is 17.7 Å². The molecule has 3 nitrogen and oxygen atoms in total. The van der Waals surface area contributed by atoms with Crippen molar-refractivity contribution >= 4 is 10.0 Å². The van der Waals surface area contributed by atoms with Crippen LogP contribution in [0.2, 0.25) is 0 Å². The number of rotatable bonds is 4. The minimum atomic E-state index is -4.56. The maximum absolute atomic E-state index is 12.5. The molecule has 1 rings (SSSR count). The van der Waals surface area contributed by atoms with Crippen molar-refractivity contribution in [2.75, 3.05) is 6.54 Å². The van der Waals surface area contributed by atoms with E-state index in [9.17, 15) is 21.6 Å². The van der Waals surface area contributed by atoms with Gasteiger partial charge in [0.05, 0.1) is 10.5 Å². The maximum atomic E-state index is 12.5. The monoisotopic (exact) mass is 293 g/mol. The second kappa shape index (κ2) is 5.75. The molecule has 0 atom stereocenters. The molecule has 106 valence electrons. The van der Waals surface area contributed by atoms with Gasteiger partial charge in [0.2, 0.25) is 10.0 Å². The van der Waals surface area contributed by atoms with Crippen molar-refractivity contribution in [3.8, 4) is 0 Å². The highest BCUT2D eigenvalue weighted by Crippen LogP contribution is 2.30. The largest absolute Gasteiger partial charge is 0.416 e. The standard InChI is InChI=1S/C12H14F3NO2S/c1-9(2)6-7-16-19(17,18)11-5-3-4-10(8-11)12(13,14)15/h3-6,8,16H,7H2,1-2H3. The first kappa shape index (κ1) is 15.7. The van der Waals surface area contributed by atoms with E-state index in [0.717, 1.165) is 23.8 Å². The minimum absolute atomic E-state index is 0.0426. The molecule has 0 aliphatic rings. The summed E-state index contributed by atoms with van der Waals surface area (Å²) in [6.45, 7) is 3.62. The third-order valence-corrected chi connectivity index (χ3v) is 3.68. The van der Waals surface area contributed by atoms with Gasteiger partial charge in [0.25, 0.3) is 0 Å². The van der Waals surface area contributed by atoms with Gasteiger partial charge in [-0.15, -0.1) is 0 Å². The zero-order valence-electron chi connectivity index (χ0n) is 10.5. The molecule has 0 radical (unpaired) electrons. The molecule has 0 amide bonds. The van der Waals surface area contributed by atoms with Crippen molar-refractivity contribution in [1.82, 2.24) is 4.72 Å². The summed E-state index contributed by atoms with van der Waals surface area (Å²) >= 11 is 0. The van der Waals surface area contributed by atoms with E-state index in [1.165, 1.54) is 0 Å². The summed E-state index contributed by atoms with van der Waals surface area (Å²) in [5.41, 5.74) is -0.0793. The molecule has 19 heavy (non-hydrogen) atoms. The SMILES string of the molecule is CC(C)=CCNS(=O)(=O)c1cccc(C(F)(F)F)c1. The highest BCUT2D eigenvalue weighted by atomic mass is 32.2. The number of hydrogen-bond donors (Lipinski definition) is 1. The lowest BCUT2D eigenvalue weighted by Gasteiger charge is -2.09. The second-order valence-electron chi connectivity index (χ2n) is 4.16. The van der Waals surface area contributed by atoms with Crippen LogP contribution in [0.3, 0.4) is 0 Å². The van der Waals surface area contributed by atoms with Gasteiger partial charge in [-0.05, 0) is 32.0 Å². The molecular weight excluding hydrogens is 279 g/mol. The number of sulfonamides is 1. The fraction of sp³-hybridized carbons (Fsp3) is 0.333. The summed E-state index contributed by atoms with van der Waals surface area (Å²) in [6.07, 6.45) is -2.93. The van der Waals surface area contributed by atoms with Crippen LogP contribution in [-0.2, 0) is 16.2 Å². The van der Waals surface area contributed by atoms with Crippen LogP contribution in [0.4, 0.5) is 13.2 Å². The maximum Gasteiger partial charge on any atom is 0.416 e. The molecule has 0 aromatic heterocycles. The van der Waals surface area contributed by atoms with E-state index in [-0.39, 0.29) is 6.54 Å². The average Bonchev–Trinajstić information content (AvgIpc) is 2.27. The van der Waals surface area contributed by atoms with E-state index in [0.29, 0.717) is 6.07 Å². The highest BCUT2D eigenvalue weighted by molar-refractivity contribution is 7.89. The first-order valence-electron chi connectivity index (χ1n) is 5.43. The molecule has 0 spiro atoms. The van der Waals surface area contributed by atoms with Crippen molar-refractivity contribution in [3.63, 3.8) is 0 Å². The van der Waals surface area contributed by atoms with Crippen LogP contribution < -0.4 is 4.72 Å². The lowest BCUT2D eigenvalue weighted by molar-refractivity contribution is -0.137. The van der Waals surface area contributed by atoms with Gasteiger partial charge < -0.3 is 0 Å². The number of alkyl halides is 3. The smallest absolute Gasteiger partial charge is 0.207 e. The Morgan fingerprint density at radius 3 is 2.47 bits per heavy atom. The Morgan fingerprint density at radius 1 is 1.32 bits per heavy atom. The molecule has 0 aliphatic carbocycles. The summed E-state index contributed by atoms with van der Waals surface area (Å²) in [5, 5.41) is 0. The molecule has 1 aromatic carbocycles. The van der Waals surface area contributed by atoms with Gasteiger partial charge >= 0.3 is 6.18 Å². The lowest BCUT2D eigenvalue weighted by atomic mass is 10.2. The summed E-state index contributed by atoms with van der Waals surface area (Å²) in [5.74, 6) is 0. The Labute approximate surface area is 110 Å². The zero-order valence-corrected chi connectivity index (χ0v) is 11.3. The molecule has 1 aromatic rings. The highest BCUT2D eigenvalue weighted by Gasteiger charge is 2.31. The van der Waals surface area contributed by atoms with Gasteiger partial charge in [-0.3, -0.25) is 0 Å². The van der Waals surface area contributed by atoms with Crippen molar-refractivity contribution < 1.29 is 21.6 Å². The first-order valence-corrected chi connectivity index (χ1v) is 6.91. The van der Waals surface area contributed by atoms with E-state index in [1.807, 2.05) is 0 Å². The van der Waals surface area contributed by atoms with Gasteiger partial charge in [-0.25, -0.2) is 13.1 Å². The van der Waals surface area contributed by atoms with Gasteiger partial charge in [0, 0.05) is 6.54 Å². The van der Waals surface area contributed by atoms with Crippen molar-refractivity contribution in [2.24, 2.45) is 0 Å². The molecule has 0 unspecified atom stereocenters. The molecule has 7 heteroatoms. The minimum Gasteiger partial charge on any atom is -0.207 e. The third kappa shape index (κ3) is 4.68. The number of nitrogens with one attached hydrogen (secondary N) is 1. The van der Waals surface area contributed by atoms with Crippen molar-refractivity contribution in [3.05, 3.63) is 41.5 Å². The third-order valence-electron chi connectivity index (χ3n) is 2.26. The molecule has 0 bridgehead atoms. The molecular formula is C12H14F3NO2S. The number of allylic oxidation sites excluding steroid dienone is 1. The summed E-state index contributed by atoms with van der Waals surface area (Å²) < 4.78 is 63.3. The Morgan fingerprint density at radius 2 is 1.95 bits per heavy atom. The molecule has 0 fully saturated rings. The van der Waals surface area contributed by atoms with E-state index in [2.05, 4.69) is 4.72 Å². The van der Waals surface area contributed by atoms with Crippen LogP contribution in [0, 0.1) is 0 Å². The average molecular weight is 293 g/mol. The van der Waals surface area contributed by atoms with Crippen LogP contribution in [-0.4, -0.2) is 15.0 Å². The normalized spacial score (nSPS) is 12.3. The topological polar surface area (TPSA) is 46.2 Å². The number of benzene rings is 1. The van der Waals surface area contributed by atoms with E-state index in [1.54, 1.807) is 19.9 Å². The van der Waals surface area contributed by atoms with Gasteiger partial charge in [0.15, 0.2) is 0 Å². The van der Waals surface area contributed by atoms with Crippen LogP contribution in [0.5, 0.6) is 0 Å². The number of hydrogen-bond acceptors (Lipinski definition) is 2. The van der Waals surface area contributed by atoms with E-state index < -0.39 is 26.7 Å².